The molecule has 0 radical (unpaired) electrons. The first-order valence-corrected chi connectivity index (χ1v) is 6.40. The van der Waals surface area contributed by atoms with E-state index in [0.717, 1.165) is 9.33 Å². The van der Waals surface area contributed by atoms with Gasteiger partial charge in [-0.15, -0.1) is 0 Å². The molecule has 17 heavy (non-hydrogen) atoms. The van der Waals surface area contributed by atoms with Crippen LogP contribution >= 0.6 is 22.6 Å². The number of amides is 1. The van der Waals surface area contributed by atoms with Gasteiger partial charge in [0.05, 0.1) is 11.8 Å². The summed E-state index contributed by atoms with van der Waals surface area (Å²) in [6.07, 6.45) is 2.35. The van der Waals surface area contributed by atoms with Crippen LogP contribution in [0.25, 0.3) is 0 Å². The number of hydrogen-bond donors (Lipinski definition) is 1. The Morgan fingerprint density at radius 1 is 1.24 bits per heavy atom. The molecule has 1 N–H and O–H groups in total. The summed E-state index contributed by atoms with van der Waals surface area (Å²) in [6.45, 7) is 0.581. The monoisotopic (exact) mass is 341 g/mol. The second kappa shape index (κ2) is 5.86. The second-order valence-corrected chi connectivity index (χ2v) is 4.73. The van der Waals surface area contributed by atoms with E-state index in [2.05, 4.69) is 27.9 Å². The first kappa shape index (κ1) is 12.2. The van der Waals surface area contributed by atoms with Crippen LogP contribution < -0.4 is 5.32 Å². The number of rotatable bonds is 4. The fourth-order valence-corrected chi connectivity index (χ4v) is 2.13. The molecular formula is C13H12INO2. The van der Waals surface area contributed by atoms with Crippen LogP contribution in [0, 0.1) is 3.57 Å². The number of nitrogens with one attached hydrogen (secondary N) is 1. The lowest BCUT2D eigenvalue weighted by Crippen LogP contribution is -2.26. The largest absolute Gasteiger partial charge is 0.469 e. The van der Waals surface area contributed by atoms with E-state index in [0.29, 0.717) is 18.5 Å². The fraction of sp³-hybridized carbons (Fsp3) is 0.154. The van der Waals surface area contributed by atoms with Gasteiger partial charge in [-0.1, -0.05) is 12.1 Å². The van der Waals surface area contributed by atoms with Gasteiger partial charge >= 0.3 is 0 Å². The summed E-state index contributed by atoms with van der Waals surface area (Å²) in [4.78, 5) is 11.8. The molecule has 88 valence electrons. The van der Waals surface area contributed by atoms with E-state index in [9.17, 15) is 4.79 Å². The van der Waals surface area contributed by atoms with Crippen molar-refractivity contribution in [1.29, 1.82) is 0 Å². The van der Waals surface area contributed by atoms with Gasteiger partial charge in [-0.3, -0.25) is 4.79 Å². The zero-order chi connectivity index (χ0) is 12.1. The summed E-state index contributed by atoms with van der Waals surface area (Å²) in [6, 6.07) is 11.3. The first-order valence-electron chi connectivity index (χ1n) is 5.32. The van der Waals surface area contributed by atoms with Gasteiger partial charge in [0.1, 0.15) is 5.76 Å². The molecule has 0 aliphatic rings. The summed E-state index contributed by atoms with van der Waals surface area (Å²) in [5.74, 6) is 0.842. The number of carbonyl (C=O) groups excluding carboxylic acids is 1. The zero-order valence-corrected chi connectivity index (χ0v) is 11.3. The maximum atomic E-state index is 11.8. The van der Waals surface area contributed by atoms with Crippen molar-refractivity contribution < 1.29 is 9.21 Å². The van der Waals surface area contributed by atoms with Crippen molar-refractivity contribution in [3.05, 3.63) is 57.6 Å². The molecular weight excluding hydrogens is 329 g/mol. The minimum absolute atomic E-state index is 0.0402. The Balaban J connectivity index is 1.88. The van der Waals surface area contributed by atoms with E-state index < -0.39 is 0 Å². The van der Waals surface area contributed by atoms with Crippen LogP contribution in [-0.2, 0) is 6.42 Å². The Labute approximate surface area is 113 Å². The van der Waals surface area contributed by atoms with Crippen LogP contribution in [0.5, 0.6) is 0 Å². The molecule has 0 fully saturated rings. The van der Waals surface area contributed by atoms with E-state index in [4.69, 9.17) is 4.42 Å². The molecule has 0 spiro atoms. The van der Waals surface area contributed by atoms with Crippen LogP contribution in [0.15, 0.2) is 47.1 Å². The molecule has 0 unspecified atom stereocenters. The average Bonchev–Trinajstić information content (AvgIpc) is 2.82. The highest BCUT2D eigenvalue weighted by Crippen LogP contribution is 2.11. The lowest BCUT2D eigenvalue weighted by atomic mass is 10.2. The van der Waals surface area contributed by atoms with Gasteiger partial charge in [-0.05, 0) is 46.9 Å². The van der Waals surface area contributed by atoms with Crippen LogP contribution in [0.1, 0.15) is 16.1 Å². The summed E-state index contributed by atoms with van der Waals surface area (Å²) in [5, 5.41) is 2.87. The van der Waals surface area contributed by atoms with E-state index >= 15 is 0 Å². The fourth-order valence-electron chi connectivity index (χ4n) is 1.49. The molecule has 0 aliphatic carbocycles. The Kier molecular flexibility index (Phi) is 4.19. The van der Waals surface area contributed by atoms with Crippen molar-refractivity contribution in [3.63, 3.8) is 0 Å². The lowest BCUT2D eigenvalue weighted by Gasteiger charge is -2.05. The van der Waals surface area contributed by atoms with Crippen LogP contribution in [-0.4, -0.2) is 12.5 Å². The maximum absolute atomic E-state index is 11.8. The van der Waals surface area contributed by atoms with Gasteiger partial charge in [0.15, 0.2) is 0 Å². The van der Waals surface area contributed by atoms with Gasteiger partial charge in [0, 0.05) is 16.5 Å². The molecule has 1 aromatic carbocycles. The molecule has 1 aromatic heterocycles. The van der Waals surface area contributed by atoms with Gasteiger partial charge in [0.25, 0.3) is 5.91 Å². The summed E-state index contributed by atoms with van der Waals surface area (Å²) < 4.78 is 6.15. The van der Waals surface area contributed by atoms with E-state index in [1.165, 1.54) is 0 Å². The normalized spacial score (nSPS) is 10.2. The minimum Gasteiger partial charge on any atom is -0.469 e. The van der Waals surface area contributed by atoms with Gasteiger partial charge in [0.2, 0.25) is 0 Å². The summed E-state index contributed by atoms with van der Waals surface area (Å²) in [7, 11) is 0. The Hall–Kier alpha value is -1.30. The molecule has 3 nitrogen and oxygen atoms in total. The molecule has 1 heterocycles. The topological polar surface area (TPSA) is 42.2 Å². The third kappa shape index (κ3) is 3.33. The quantitative estimate of drug-likeness (QED) is 0.869. The number of benzene rings is 1. The molecule has 0 saturated heterocycles. The number of carbonyl (C=O) groups is 1. The van der Waals surface area contributed by atoms with Crippen LogP contribution in [0.3, 0.4) is 0 Å². The van der Waals surface area contributed by atoms with Crippen molar-refractivity contribution >= 4 is 28.5 Å². The second-order valence-electron chi connectivity index (χ2n) is 3.57. The number of halogens is 1. The molecule has 2 rings (SSSR count). The zero-order valence-electron chi connectivity index (χ0n) is 9.15. The highest BCUT2D eigenvalue weighted by atomic mass is 127. The predicted octanol–water partition coefficient (Wildman–Crippen LogP) is 2.86. The SMILES string of the molecule is O=C(NCCc1ccco1)c1ccccc1I. The van der Waals surface area contributed by atoms with E-state index in [1.807, 2.05) is 36.4 Å². The van der Waals surface area contributed by atoms with Crippen molar-refractivity contribution in [2.24, 2.45) is 0 Å². The Morgan fingerprint density at radius 2 is 2.06 bits per heavy atom. The third-order valence-electron chi connectivity index (χ3n) is 2.36. The van der Waals surface area contributed by atoms with Gasteiger partial charge in [-0.25, -0.2) is 0 Å². The van der Waals surface area contributed by atoms with Crippen molar-refractivity contribution in [2.75, 3.05) is 6.54 Å². The molecule has 0 saturated carbocycles. The average molecular weight is 341 g/mol. The predicted molar refractivity (Wildman–Crippen MR) is 73.9 cm³/mol. The highest BCUT2D eigenvalue weighted by molar-refractivity contribution is 14.1. The van der Waals surface area contributed by atoms with Crippen molar-refractivity contribution in [3.8, 4) is 0 Å². The molecule has 0 atom stereocenters. The third-order valence-corrected chi connectivity index (χ3v) is 3.30. The van der Waals surface area contributed by atoms with Crippen molar-refractivity contribution in [1.82, 2.24) is 5.32 Å². The molecule has 0 bridgehead atoms. The first-order chi connectivity index (χ1) is 8.27. The minimum atomic E-state index is -0.0402. The molecule has 0 aliphatic heterocycles. The summed E-state index contributed by atoms with van der Waals surface area (Å²) in [5.41, 5.74) is 0.715. The summed E-state index contributed by atoms with van der Waals surface area (Å²) >= 11 is 2.16. The Bertz CT molecular complexity index is 494. The van der Waals surface area contributed by atoms with Crippen LogP contribution in [0.2, 0.25) is 0 Å². The van der Waals surface area contributed by atoms with Gasteiger partial charge < -0.3 is 9.73 Å². The van der Waals surface area contributed by atoms with E-state index in [-0.39, 0.29) is 5.91 Å². The lowest BCUT2D eigenvalue weighted by molar-refractivity contribution is 0.0953. The molecule has 1 amide bonds. The molecule has 4 heteroatoms. The number of furan rings is 1. The maximum Gasteiger partial charge on any atom is 0.252 e. The number of hydrogen-bond acceptors (Lipinski definition) is 2. The van der Waals surface area contributed by atoms with Gasteiger partial charge in [-0.2, -0.15) is 0 Å². The standard InChI is InChI=1S/C13H12INO2/c14-12-6-2-1-5-11(12)13(16)15-8-7-10-4-3-9-17-10/h1-6,9H,7-8H2,(H,15,16). The van der Waals surface area contributed by atoms with E-state index in [1.54, 1.807) is 6.26 Å². The van der Waals surface area contributed by atoms with Crippen molar-refractivity contribution in [2.45, 2.75) is 6.42 Å². The smallest absolute Gasteiger partial charge is 0.252 e. The highest BCUT2D eigenvalue weighted by Gasteiger charge is 2.08. The molecule has 2 aromatic rings. The van der Waals surface area contributed by atoms with Crippen LogP contribution in [0.4, 0.5) is 0 Å². The Morgan fingerprint density at radius 3 is 2.76 bits per heavy atom.